The Hall–Kier alpha value is -2.42. The van der Waals surface area contributed by atoms with Gasteiger partial charge in [0.2, 0.25) is 13.3 Å². The molecule has 5 heteroatoms. The maximum Gasteiger partial charge on any atom is 0.231 e. The van der Waals surface area contributed by atoms with Crippen LogP contribution in [0, 0.1) is 0 Å². The summed E-state index contributed by atoms with van der Waals surface area (Å²) in [5.41, 5.74) is 2.28. The minimum atomic E-state index is -2.81. The second kappa shape index (κ2) is 6.14. The molecular weight excluding hydrogens is 333 g/mol. The lowest BCUT2D eigenvalue weighted by molar-refractivity contribution is 0.404. The highest BCUT2D eigenvalue weighted by Crippen LogP contribution is 2.44. The molecule has 0 saturated carbocycles. The smallest absolute Gasteiger partial charge is 0.231 e. The van der Waals surface area contributed by atoms with Gasteiger partial charge in [-0.3, -0.25) is 4.57 Å². The van der Waals surface area contributed by atoms with Gasteiger partial charge >= 0.3 is 0 Å². The zero-order valence-electron chi connectivity index (χ0n) is 14.1. The van der Waals surface area contributed by atoms with Crippen molar-refractivity contribution in [2.45, 2.75) is 6.92 Å². The predicted octanol–water partition coefficient (Wildman–Crippen LogP) is 5.22. The fourth-order valence-corrected chi connectivity index (χ4v) is 4.45. The maximum atomic E-state index is 12.7. The lowest BCUT2D eigenvalue weighted by Crippen LogP contribution is -2.07. The summed E-state index contributed by atoms with van der Waals surface area (Å²) in [6.45, 7) is 1.86. The molecule has 1 heterocycles. The second-order valence-corrected chi connectivity index (χ2v) is 8.77. The molecule has 4 rings (SSSR count). The first-order chi connectivity index (χ1) is 12.1. The van der Waals surface area contributed by atoms with Crippen LogP contribution >= 0.6 is 7.37 Å². The summed E-state index contributed by atoms with van der Waals surface area (Å²) in [7, 11) is -1.33. The SMILES string of the molecule is CCP(=O)(OC)c1ccc2oc(-c3ccc4ccccc4c3)nc2c1. The molecule has 4 nitrogen and oxygen atoms in total. The Morgan fingerprint density at radius 2 is 1.84 bits per heavy atom. The van der Waals surface area contributed by atoms with Crippen LogP contribution in [0.2, 0.25) is 0 Å². The van der Waals surface area contributed by atoms with Crippen LogP contribution in [0.15, 0.2) is 65.1 Å². The van der Waals surface area contributed by atoms with E-state index in [1.807, 2.05) is 31.2 Å². The van der Waals surface area contributed by atoms with Gasteiger partial charge in [-0.15, -0.1) is 0 Å². The number of nitrogens with zero attached hydrogens (tertiary/aromatic N) is 1. The van der Waals surface area contributed by atoms with E-state index >= 15 is 0 Å². The molecule has 126 valence electrons. The molecule has 25 heavy (non-hydrogen) atoms. The molecule has 3 aromatic carbocycles. The number of rotatable bonds is 4. The van der Waals surface area contributed by atoms with E-state index in [9.17, 15) is 4.57 Å². The van der Waals surface area contributed by atoms with Gasteiger partial charge in [0.15, 0.2) is 5.58 Å². The first-order valence-corrected chi connectivity index (χ1v) is 9.99. The monoisotopic (exact) mass is 351 g/mol. The molecule has 0 saturated heterocycles. The van der Waals surface area contributed by atoms with Gasteiger partial charge in [0, 0.05) is 24.1 Å². The van der Waals surface area contributed by atoms with Gasteiger partial charge in [-0.2, -0.15) is 0 Å². The number of fused-ring (bicyclic) bond motifs is 2. The van der Waals surface area contributed by atoms with Crippen molar-refractivity contribution in [1.82, 2.24) is 4.98 Å². The molecule has 1 unspecified atom stereocenters. The number of aromatic nitrogens is 1. The highest BCUT2D eigenvalue weighted by molar-refractivity contribution is 7.66. The molecule has 0 spiro atoms. The molecule has 0 radical (unpaired) electrons. The second-order valence-electron chi connectivity index (χ2n) is 5.91. The van der Waals surface area contributed by atoms with E-state index < -0.39 is 7.37 Å². The predicted molar refractivity (Wildman–Crippen MR) is 102 cm³/mol. The molecule has 0 aliphatic rings. The molecule has 0 N–H and O–H groups in total. The van der Waals surface area contributed by atoms with Gasteiger partial charge in [-0.25, -0.2) is 4.98 Å². The van der Waals surface area contributed by atoms with Crippen LogP contribution in [0.3, 0.4) is 0 Å². The van der Waals surface area contributed by atoms with Crippen LogP contribution in [0.5, 0.6) is 0 Å². The normalized spacial score (nSPS) is 14.0. The Bertz CT molecular complexity index is 1110. The summed E-state index contributed by atoms with van der Waals surface area (Å²) in [5.74, 6) is 0.557. The zero-order chi connectivity index (χ0) is 17.4. The van der Waals surface area contributed by atoms with Crippen molar-refractivity contribution in [2.75, 3.05) is 13.3 Å². The molecule has 1 atom stereocenters. The van der Waals surface area contributed by atoms with Gasteiger partial charge in [0.25, 0.3) is 0 Å². The summed E-state index contributed by atoms with van der Waals surface area (Å²) >= 11 is 0. The van der Waals surface area contributed by atoms with E-state index in [0.717, 1.165) is 10.9 Å². The van der Waals surface area contributed by atoms with Crippen molar-refractivity contribution in [3.63, 3.8) is 0 Å². The summed E-state index contributed by atoms with van der Waals surface area (Å²) < 4.78 is 23.9. The molecule has 0 aliphatic carbocycles. The summed E-state index contributed by atoms with van der Waals surface area (Å²) in [6, 6.07) is 19.7. The Kier molecular flexibility index (Phi) is 3.95. The van der Waals surface area contributed by atoms with Crippen molar-refractivity contribution in [2.24, 2.45) is 0 Å². The van der Waals surface area contributed by atoms with Crippen LogP contribution < -0.4 is 5.30 Å². The fourth-order valence-electron chi connectivity index (χ4n) is 2.99. The van der Waals surface area contributed by atoms with Crippen molar-refractivity contribution in [3.8, 4) is 11.5 Å². The van der Waals surface area contributed by atoms with Crippen molar-refractivity contribution >= 4 is 34.5 Å². The van der Waals surface area contributed by atoms with E-state index in [0.29, 0.717) is 28.5 Å². The van der Waals surface area contributed by atoms with Gasteiger partial charge in [-0.1, -0.05) is 37.3 Å². The lowest BCUT2D eigenvalue weighted by atomic mass is 10.1. The molecule has 4 aromatic rings. The van der Waals surface area contributed by atoms with E-state index in [-0.39, 0.29) is 0 Å². The molecule has 0 bridgehead atoms. The highest BCUT2D eigenvalue weighted by Gasteiger charge is 2.23. The number of oxazole rings is 1. The summed E-state index contributed by atoms with van der Waals surface area (Å²) in [5, 5.41) is 2.98. The van der Waals surface area contributed by atoms with Crippen molar-refractivity contribution in [1.29, 1.82) is 0 Å². The standard InChI is InChI=1S/C20H18NO3P/c1-3-25(22,23-2)17-10-11-19-18(13-17)21-20(24-19)16-9-8-14-6-4-5-7-15(14)12-16/h4-13H,3H2,1-2H3. The highest BCUT2D eigenvalue weighted by atomic mass is 31.2. The number of hydrogen-bond acceptors (Lipinski definition) is 4. The molecule has 0 amide bonds. The quantitative estimate of drug-likeness (QED) is 0.473. The summed E-state index contributed by atoms with van der Waals surface area (Å²) in [4.78, 5) is 4.59. The minimum absolute atomic E-state index is 0.449. The van der Waals surface area contributed by atoms with Crippen LogP contribution in [0.25, 0.3) is 33.3 Å². The Labute approximate surface area is 145 Å². The third kappa shape index (κ3) is 2.78. The van der Waals surface area contributed by atoms with Gasteiger partial charge in [-0.05, 0) is 41.1 Å². The largest absolute Gasteiger partial charge is 0.436 e. The van der Waals surface area contributed by atoms with E-state index in [1.165, 1.54) is 12.5 Å². The average molecular weight is 351 g/mol. The molecular formula is C20H18NO3P. The van der Waals surface area contributed by atoms with Gasteiger partial charge in [0.05, 0.1) is 0 Å². The minimum Gasteiger partial charge on any atom is -0.436 e. The third-order valence-electron chi connectivity index (χ3n) is 4.47. The Morgan fingerprint density at radius 1 is 1.04 bits per heavy atom. The first-order valence-electron chi connectivity index (χ1n) is 8.18. The third-order valence-corrected chi connectivity index (χ3v) is 6.96. The maximum absolute atomic E-state index is 12.7. The fraction of sp³-hybridized carbons (Fsp3) is 0.150. The average Bonchev–Trinajstić information content (AvgIpc) is 3.10. The Morgan fingerprint density at radius 3 is 2.60 bits per heavy atom. The number of benzene rings is 3. The van der Waals surface area contributed by atoms with Crippen molar-refractivity contribution in [3.05, 3.63) is 60.7 Å². The van der Waals surface area contributed by atoms with Crippen LogP contribution in [-0.4, -0.2) is 18.3 Å². The Balaban J connectivity index is 1.81. The van der Waals surface area contributed by atoms with E-state index in [1.54, 1.807) is 12.1 Å². The van der Waals surface area contributed by atoms with Crippen LogP contribution in [0.1, 0.15) is 6.92 Å². The van der Waals surface area contributed by atoms with Gasteiger partial charge < -0.3 is 8.94 Å². The number of hydrogen-bond donors (Lipinski definition) is 0. The lowest BCUT2D eigenvalue weighted by Gasteiger charge is -2.13. The molecule has 0 fully saturated rings. The van der Waals surface area contributed by atoms with Gasteiger partial charge in [0.1, 0.15) is 5.52 Å². The topological polar surface area (TPSA) is 52.3 Å². The van der Waals surface area contributed by atoms with E-state index in [2.05, 4.69) is 29.2 Å². The van der Waals surface area contributed by atoms with E-state index in [4.69, 9.17) is 8.94 Å². The zero-order valence-corrected chi connectivity index (χ0v) is 15.0. The first kappa shape index (κ1) is 16.1. The summed E-state index contributed by atoms with van der Waals surface area (Å²) in [6.07, 6.45) is 0.449. The molecule has 0 aliphatic heterocycles. The van der Waals surface area contributed by atoms with Crippen LogP contribution in [-0.2, 0) is 9.09 Å². The van der Waals surface area contributed by atoms with Crippen LogP contribution in [0.4, 0.5) is 0 Å². The molecule has 1 aromatic heterocycles. The van der Waals surface area contributed by atoms with Crippen molar-refractivity contribution < 1.29 is 13.5 Å².